The first kappa shape index (κ1) is 29.9. The van der Waals surface area contributed by atoms with Crippen LogP contribution in [0.2, 0.25) is 0 Å². The highest BCUT2D eigenvalue weighted by molar-refractivity contribution is 7.53. The molecule has 1 N–H and O–H groups in total. The third-order valence-electron chi connectivity index (χ3n) is 4.02. The van der Waals surface area contributed by atoms with Crippen LogP contribution in [0.3, 0.4) is 0 Å². The van der Waals surface area contributed by atoms with E-state index < -0.39 is 51.5 Å². The quantitative estimate of drug-likeness (QED) is 0.224. The van der Waals surface area contributed by atoms with Crippen LogP contribution >= 0.6 is 7.60 Å². The van der Waals surface area contributed by atoms with Gasteiger partial charge in [0.1, 0.15) is 18.2 Å². The van der Waals surface area contributed by atoms with Crippen molar-refractivity contribution in [3.05, 3.63) is 18.3 Å². The van der Waals surface area contributed by atoms with Crippen LogP contribution in [0.1, 0.15) is 31.3 Å². The highest BCUT2D eigenvalue weighted by Gasteiger charge is 2.39. The molecular weight excluding hydrogens is 527 g/mol. The molecule has 36 heavy (non-hydrogen) atoms. The van der Waals surface area contributed by atoms with E-state index in [0.717, 1.165) is 6.33 Å². The van der Waals surface area contributed by atoms with Crippen LogP contribution in [0.4, 0.5) is 26.3 Å². The van der Waals surface area contributed by atoms with Crippen molar-refractivity contribution in [1.82, 2.24) is 25.0 Å². The summed E-state index contributed by atoms with van der Waals surface area (Å²) < 4.78 is 102. The van der Waals surface area contributed by atoms with E-state index in [0.29, 0.717) is 0 Å². The molecule has 0 unspecified atom stereocenters. The topological polar surface area (TPSA) is 127 Å². The summed E-state index contributed by atoms with van der Waals surface area (Å²) in [5.41, 5.74) is 2.42. The molecule has 2 aromatic heterocycles. The average Bonchev–Trinajstić information content (AvgIpc) is 3.17. The molecule has 0 fully saturated rings. The summed E-state index contributed by atoms with van der Waals surface area (Å²) >= 11 is 0. The lowest BCUT2D eigenvalue weighted by Crippen LogP contribution is -2.26. The first-order chi connectivity index (χ1) is 16.6. The van der Waals surface area contributed by atoms with Gasteiger partial charge in [0.05, 0.1) is 25.6 Å². The molecule has 18 heteroatoms. The molecule has 2 rings (SSSR count). The molecule has 1 amide bonds. The Kier molecular flexibility index (Phi) is 10.2. The zero-order valence-corrected chi connectivity index (χ0v) is 20.2. The van der Waals surface area contributed by atoms with E-state index in [-0.39, 0.29) is 35.9 Å². The Hall–Kier alpha value is -2.33. The molecule has 2 aromatic rings. The third kappa shape index (κ3) is 9.97. The van der Waals surface area contributed by atoms with Gasteiger partial charge in [-0.05, 0) is 12.8 Å². The average molecular weight is 551 g/mol. The second-order valence-corrected chi connectivity index (χ2v) is 9.92. The lowest BCUT2D eigenvalue weighted by molar-refractivity contribution is -0.166. The zero-order chi connectivity index (χ0) is 27.1. The number of carbonyl (C=O) groups is 1. The highest BCUT2D eigenvalue weighted by atomic mass is 31.2. The Labute approximate surface area is 201 Å². The Morgan fingerprint density at radius 1 is 1.06 bits per heavy atom. The number of rotatable bonds is 13. The van der Waals surface area contributed by atoms with E-state index in [1.165, 1.54) is 17.8 Å². The van der Waals surface area contributed by atoms with Crippen LogP contribution in [-0.2, 0) is 29.7 Å². The molecule has 0 radical (unpaired) electrons. The van der Waals surface area contributed by atoms with Gasteiger partial charge >= 0.3 is 19.9 Å². The van der Waals surface area contributed by atoms with E-state index in [1.807, 2.05) is 13.8 Å². The number of nitrogens with one attached hydrogen (secondary N) is 1. The molecule has 0 aliphatic rings. The summed E-state index contributed by atoms with van der Waals surface area (Å²) in [6.07, 6.45) is -9.66. The molecular formula is C18H24F6N5O6P. The molecule has 0 saturated heterocycles. The predicted molar refractivity (Wildman–Crippen MR) is 111 cm³/mol. The minimum Gasteiger partial charge on any atom is -0.364 e. The van der Waals surface area contributed by atoms with E-state index in [4.69, 9.17) is 9.57 Å². The molecule has 204 valence electrons. The smallest absolute Gasteiger partial charge is 0.364 e. The number of nitrogens with zero attached hydrogens (tertiary/aromatic N) is 4. The maximum Gasteiger partial charge on any atom is 0.412 e. The number of alkyl halides is 6. The van der Waals surface area contributed by atoms with E-state index >= 15 is 0 Å². The van der Waals surface area contributed by atoms with Crippen molar-refractivity contribution in [1.29, 1.82) is 0 Å². The Bertz CT molecular complexity index is 1040. The van der Waals surface area contributed by atoms with Gasteiger partial charge in [-0.25, -0.2) is 20.4 Å². The number of carbonyl (C=O) groups excluding carboxylic acids is 1. The van der Waals surface area contributed by atoms with Gasteiger partial charge in [-0.1, -0.05) is 13.8 Å². The van der Waals surface area contributed by atoms with Gasteiger partial charge in [-0.2, -0.15) is 26.3 Å². The predicted octanol–water partition coefficient (Wildman–Crippen LogP) is 3.86. The summed E-state index contributed by atoms with van der Waals surface area (Å²) in [7, 11) is -4.92. The number of ether oxygens (including phenoxy) is 1. The number of hydroxylamine groups is 1. The summed E-state index contributed by atoms with van der Waals surface area (Å²) in [4.78, 5) is 29.4. The van der Waals surface area contributed by atoms with Crippen molar-refractivity contribution < 1.29 is 54.3 Å². The van der Waals surface area contributed by atoms with Crippen molar-refractivity contribution in [3.63, 3.8) is 0 Å². The highest BCUT2D eigenvalue weighted by Crippen LogP contribution is 2.50. The summed E-state index contributed by atoms with van der Waals surface area (Å²) in [6, 6.07) is 0. The largest absolute Gasteiger partial charge is 0.412 e. The van der Waals surface area contributed by atoms with Crippen molar-refractivity contribution in [3.8, 4) is 0 Å². The molecule has 0 aliphatic carbocycles. The molecule has 0 spiro atoms. The van der Waals surface area contributed by atoms with Gasteiger partial charge in [0.15, 0.2) is 24.6 Å². The number of fused-ring (bicyclic) bond motifs is 1. The molecule has 0 aromatic carbocycles. The number of imidazole rings is 1. The molecule has 0 saturated carbocycles. The fourth-order valence-electron chi connectivity index (χ4n) is 2.51. The van der Waals surface area contributed by atoms with Gasteiger partial charge in [-0.3, -0.25) is 23.2 Å². The van der Waals surface area contributed by atoms with Gasteiger partial charge in [0.25, 0.3) is 5.91 Å². The van der Waals surface area contributed by atoms with E-state index in [9.17, 15) is 35.7 Å². The Morgan fingerprint density at radius 3 is 2.22 bits per heavy atom. The second-order valence-electron chi connectivity index (χ2n) is 7.92. The summed E-state index contributed by atoms with van der Waals surface area (Å²) in [6.45, 7) is 1.15. The van der Waals surface area contributed by atoms with Crippen molar-refractivity contribution in [2.75, 3.05) is 26.2 Å². The van der Waals surface area contributed by atoms with Crippen LogP contribution in [0.5, 0.6) is 0 Å². The molecule has 0 aliphatic heterocycles. The van der Waals surface area contributed by atoms with Gasteiger partial charge < -0.3 is 9.30 Å². The van der Waals surface area contributed by atoms with Crippen LogP contribution in [0, 0.1) is 5.92 Å². The number of aromatic nitrogens is 4. The Morgan fingerprint density at radius 2 is 1.67 bits per heavy atom. The second kappa shape index (κ2) is 12.3. The van der Waals surface area contributed by atoms with E-state index in [1.54, 1.807) is 0 Å². The summed E-state index contributed by atoms with van der Waals surface area (Å²) in [5.74, 6) is -0.522. The van der Waals surface area contributed by atoms with Crippen LogP contribution in [-0.4, -0.2) is 70.1 Å². The molecule has 2 heterocycles. The zero-order valence-electron chi connectivity index (χ0n) is 19.3. The van der Waals surface area contributed by atoms with Crippen molar-refractivity contribution in [2.45, 2.75) is 45.8 Å². The lowest BCUT2D eigenvalue weighted by atomic mass is 10.2. The molecule has 0 bridgehead atoms. The fourth-order valence-corrected chi connectivity index (χ4v) is 3.85. The molecule has 11 nitrogen and oxygen atoms in total. The summed E-state index contributed by atoms with van der Waals surface area (Å²) in [5, 5.41) is 0. The van der Waals surface area contributed by atoms with Gasteiger partial charge in [-0.15, -0.1) is 0 Å². The van der Waals surface area contributed by atoms with Crippen molar-refractivity contribution in [2.24, 2.45) is 5.92 Å². The maximum atomic E-state index is 12.4. The minimum atomic E-state index is -4.96. The standard InChI is InChI=1S/C18H24F6N5O6P/c1-11(2)5-33-28-16(30)14-13-15(26-8-25-14)29(9-27-13)4-12(3)32-10-36(31,34-6-17(19,20)21)35-7-18(22,23)24/h8-9,11-12H,4-7,10H2,1-3H3,(H,28,30)/t12-/m1/s1. The monoisotopic (exact) mass is 551 g/mol. The first-order valence-corrected chi connectivity index (χ1v) is 12.0. The van der Waals surface area contributed by atoms with Gasteiger partial charge in [0, 0.05) is 0 Å². The van der Waals surface area contributed by atoms with Crippen molar-refractivity contribution >= 4 is 24.7 Å². The number of amides is 1. The lowest BCUT2D eigenvalue weighted by Gasteiger charge is -2.22. The minimum absolute atomic E-state index is 0.0863. The number of hydrogen-bond donors (Lipinski definition) is 1. The maximum absolute atomic E-state index is 12.4. The van der Waals surface area contributed by atoms with E-state index in [2.05, 4.69) is 29.5 Å². The number of hydrogen-bond acceptors (Lipinski definition) is 9. The normalized spacial score (nSPS) is 13.9. The van der Waals surface area contributed by atoms with Crippen LogP contribution in [0.15, 0.2) is 12.7 Å². The van der Waals surface area contributed by atoms with Crippen LogP contribution < -0.4 is 5.48 Å². The molecule has 1 atom stereocenters. The Balaban J connectivity index is 2.07. The first-order valence-electron chi connectivity index (χ1n) is 10.3. The van der Waals surface area contributed by atoms with Gasteiger partial charge in [0.2, 0.25) is 0 Å². The fraction of sp³-hybridized carbons (Fsp3) is 0.667. The third-order valence-corrected chi connectivity index (χ3v) is 5.53. The van der Waals surface area contributed by atoms with Crippen LogP contribution in [0.25, 0.3) is 11.2 Å². The number of halogens is 6. The SMILES string of the molecule is CC(C)CONC(=O)c1ncnc2c1ncn2C[C@@H](C)OCP(=O)(OCC(F)(F)F)OCC(F)(F)F.